The Morgan fingerprint density at radius 2 is 2.05 bits per heavy atom. The number of rotatable bonds is 5. The summed E-state index contributed by atoms with van der Waals surface area (Å²) in [6, 6.07) is 8.54. The molecular weight excluding hydrogens is 252 g/mol. The number of benzene rings is 1. The summed E-state index contributed by atoms with van der Waals surface area (Å²) < 4.78 is 0. The molecule has 1 unspecified atom stereocenters. The summed E-state index contributed by atoms with van der Waals surface area (Å²) in [4.78, 5) is 16.1. The first kappa shape index (κ1) is 13.2. The lowest BCUT2D eigenvalue weighted by Crippen LogP contribution is -2.52. The molecule has 3 rings (SSSR count). The van der Waals surface area contributed by atoms with E-state index in [2.05, 4.69) is 34.3 Å². The summed E-state index contributed by atoms with van der Waals surface area (Å²) in [5.41, 5.74) is 7.94. The molecular formula is C15H22N4O. The van der Waals surface area contributed by atoms with E-state index in [1.54, 1.807) is 0 Å². The first-order valence-corrected chi connectivity index (χ1v) is 7.25. The topological polar surface area (TPSA) is 61.6 Å². The lowest BCUT2D eigenvalue weighted by molar-refractivity contribution is -0.119. The van der Waals surface area contributed by atoms with Crippen LogP contribution in [0.1, 0.15) is 12.8 Å². The number of nitrogens with one attached hydrogen (secondary N) is 1. The molecule has 0 bridgehead atoms. The van der Waals surface area contributed by atoms with Gasteiger partial charge in [0.05, 0.1) is 11.4 Å². The van der Waals surface area contributed by atoms with Gasteiger partial charge < -0.3 is 20.9 Å². The number of hydrogen-bond donors (Lipinski definition) is 2. The summed E-state index contributed by atoms with van der Waals surface area (Å²) in [6.07, 6.45) is 2.31. The maximum atomic E-state index is 11.6. The minimum atomic E-state index is -0.265. The number of primary amides is 1. The average Bonchev–Trinajstić information content (AvgIpc) is 3.25. The van der Waals surface area contributed by atoms with Crippen molar-refractivity contribution in [3.8, 4) is 0 Å². The van der Waals surface area contributed by atoms with Gasteiger partial charge in [-0.1, -0.05) is 12.1 Å². The Morgan fingerprint density at radius 1 is 1.35 bits per heavy atom. The third-order valence-corrected chi connectivity index (χ3v) is 4.10. The third-order valence-electron chi connectivity index (χ3n) is 4.10. The van der Waals surface area contributed by atoms with Crippen molar-refractivity contribution in [2.45, 2.75) is 24.9 Å². The first-order valence-electron chi connectivity index (χ1n) is 7.25. The molecule has 1 fully saturated rings. The molecule has 1 aromatic carbocycles. The highest BCUT2D eigenvalue weighted by molar-refractivity contribution is 5.81. The molecule has 5 heteroatoms. The van der Waals surface area contributed by atoms with Crippen LogP contribution in [0.4, 0.5) is 11.4 Å². The van der Waals surface area contributed by atoms with E-state index >= 15 is 0 Å². The van der Waals surface area contributed by atoms with E-state index in [0.29, 0.717) is 12.6 Å². The average molecular weight is 274 g/mol. The van der Waals surface area contributed by atoms with Gasteiger partial charge in [0.2, 0.25) is 5.91 Å². The second-order valence-corrected chi connectivity index (χ2v) is 5.75. The smallest absolute Gasteiger partial charge is 0.236 e. The monoisotopic (exact) mass is 274 g/mol. The zero-order valence-corrected chi connectivity index (χ0v) is 11.9. The molecule has 20 heavy (non-hydrogen) atoms. The van der Waals surface area contributed by atoms with Crippen molar-refractivity contribution in [2.75, 3.05) is 36.5 Å². The molecule has 1 aliphatic heterocycles. The summed E-state index contributed by atoms with van der Waals surface area (Å²) in [5, 5.41) is 3.35. The minimum Gasteiger partial charge on any atom is -0.371 e. The number of amides is 1. The van der Waals surface area contributed by atoms with E-state index in [9.17, 15) is 4.79 Å². The lowest BCUT2D eigenvalue weighted by Gasteiger charge is -2.38. The lowest BCUT2D eigenvalue weighted by atomic mass is 10.1. The number of anilines is 2. The maximum Gasteiger partial charge on any atom is 0.236 e. The van der Waals surface area contributed by atoms with Gasteiger partial charge in [0.1, 0.15) is 6.04 Å². The molecule has 0 spiro atoms. The predicted molar refractivity (Wildman–Crippen MR) is 81.1 cm³/mol. The van der Waals surface area contributed by atoms with Crippen molar-refractivity contribution in [3.63, 3.8) is 0 Å². The van der Waals surface area contributed by atoms with Crippen LogP contribution in [0.5, 0.6) is 0 Å². The summed E-state index contributed by atoms with van der Waals surface area (Å²) in [6.45, 7) is 2.53. The molecule has 5 nitrogen and oxygen atoms in total. The highest BCUT2D eigenvalue weighted by Crippen LogP contribution is 2.31. The van der Waals surface area contributed by atoms with E-state index in [1.807, 2.05) is 12.1 Å². The SMILES string of the molecule is CN1CCN(CC(NC2CC2)C(N)=O)c2ccccc21. The van der Waals surface area contributed by atoms with Crippen LogP contribution in [-0.4, -0.2) is 44.7 Å². The van der Waals surface area contributed by atoms with Crippen molar-refractivity contribution in [2.24, 2.45) is 5.73 Å². The fourth-order valence-corrected chi connectivity index (χ4v) is 2.74. The Morgan fingerprint density at radius 3 is 2.70 bits per heavy atom. The highest BCUT2D eigenvalue weighted by Gasteiger charge is 2.30. The van der Waals surface area contributed by atoms with Crippen LogP contribution < -0.4 is 20.9 Å². The van der Waals surface area contributed by atoms with Gasteiger partial charge in [0, 0.05) is 32.7 Å². The molecule has 0 radical (unpaired) electrons. The second-order valence-electron chi connectivity index (χ2n) is 5.75. The quantitative estimate of drug-likeness (QED) is 0.823. The van der Waals surface area contributed by atoms with Crippen molar-refractivity contribution in [1.29, 1.82) is 0 Å². The van der Waals surface area contributed by atoms with Crippen LogP contribution >= 0.6 is 0 Å². The van der Waals surface area contributed by atoms with E-state index in [4.69, 9.17) is 5.73 Å². The van der Waals surface area contributed by atoms with Gasteiger partial charge in [-0.2, -0.15) is 0 Å². The minimum absolute atomic E-state index is 0.256. The number of likely N-dealkylation sites (N-methyl/N-ethyl adjacent to an activating group) is 1. The first-order chi connectivity index (χ1) is 9.65. The number of carbonyl (C=O) groups excluding carboxylic acids is 1. The largest absolute Gasteiger partial charge is 0.371 e. The number of nitrogens with zero attached hydrogens (tertiary/aromatic N) is 2. The zero-order valence-electron chi connectivity index (χ0n) is 11.9. The van der Waals surface area contributed by atoms with Crippen LogP contribution in [0.15, 0.2) is 24.3 Å². The van der Waals surface area contributed by atoms with Crippen molar-refractivity contribution < 1.29 is 4.79 Å². The molecule has 0 aromatic heterocycles. The van der Waals surface area contributed by atoms with Crippen molar-refractivity contribution >= 4 is 17.3 Å². The predicted octanol–water partition coefficient (Wildman–Crippen LogP) is 0.549. The number of fused-ring (bicyclic) bond motifs is 1. The molecule has 108 valence electrons. The van der Waals surface area contributed by atoms with Crippen LogP contribution in [-0.2, 0) is 4.79 Å². The number of nitrogens with two attached hydrogens (primary N) is 1. The molecule has 1 aliphatic carbocycles. The molecule has 1 atom stereocenters. The van der Waals surface area contributed by atoms with Gasteiger partial charge in [-0.3, -0.25) is 4.79 Å². The van der Waals surface area contributed by atoms with Gasteiger partial charge in [0.25, 0.3) is 0 Å². The van der Waals surface area contributed by atoms with E-state index in [-0.39, 0.29) is 11.9 Å². The Kier molecular flexibility index (Phi) is 3.53. The summed E-state index contributed by atoms with van der Waals surface area (Å²) in [5.74, 6) is -0.256. The summed E-state index contributed by atoms with van der Waals surface area (Å²) >= 11 is 0. The fourth-order valence-electron chi connectivity index (χ4n) is 2.74. The number of hydrogen-bond acceptors (Lipinski definition) is 4. The molecule has 1 aromatic rings. The van der Waals surface area contributed by atoms with Gasteiger partial charge in [-0.05, 0) is 25.0 Å². The molecule has 0 saturated heterocycles. The Balaban J connectivity index is 1.76. The Bertz CT molecular complexity index is 500. The van der Waals surface area contributed by atoms with Gasteiger partial charge in [-0.25, -0.2) is 0 Å². The van der Waals surface area contributed by atoms with E-state index in [0.717, 1.165) is 25.9 Å². The van der Waals surface area contributed by atoms with E-state index < -0.39 is 0 Å². The van der Waals surface area contributed by atoms with Crippen molar-refractivity contribution in [3.05, 3.63) is 24.3 Å². The third kappa shape index (κ3) is 2.72. The number of carbonyl (C=O) groups is 1. The molecule has 2 aliphatic rings. The number of para-hydroxylation sites is 2. The molecule has 1 heterocycles. The van der Waals surface area contributed by atoms with Crippen LogP contribution in [0.3, 0.4) is 0 Å². The second kappa shape index (κ2) is 5.32. The van der Waals surface area contributed by atoms with Crippen molar-refractivity contribution in [1.82, 2.24) is 5.32 Å². The Hall–Kier alpha value is -1.75. The van der Waals surface area contributed by atoms with Gasteiger partial charge >= 0.3 is 0 Å². The van der Waals surface area contributed by atoms with Crippen LogP contribution in [0.25, 0.3) is 0 Å². The zero-order chi connectivity index (χ0) is 14.1. The highest BCUT2D eigenvalue weighted by atomic mass is 16.1. The molecule has 1 saturated carbocycles. The molecule has 3 N–H and O–H groups in total. The van der Waals surface area contributed by atoms with Crippen LogP contribution in [0.2, 0.25) is 0 Å². The van der Waals surface area contributed by atoms with E-state index in [1.165, 1.54) is 11.4 Å². The fraction of sp³-hybridized carbons (Fsp3) is 0.533. The molecule has 1 amide bonds. The maximum absolute atomic E-state index is 11.6. The summed E-state index contributed by atoms with van der Waals surface area (Å²) in [7, 11) is 2.10. The Labute approximate surface area is 119 Å². The van der Waals surface area contributed by atoms with Crippen LogP contribution in [0, 0.1) is 0 Å². The normalized spacial score (nSPS) is 19.6. The van der Waals surface area contributed by atoms with Gasteiger partial charge in [-0.15, -0.1) is 0 Å². The van der Waals surface area contributed by atoms with Gasteiger partial charge in [0.15, 0.2) is 0 Å². The standard InChI is InChI=1S/C15H22N4O/c1-18-8-9-19(14-5-3-2-4-13(14)18)10-12(15(16)20)17-11-6-7-11/h2-5,11-12,17H,6-10H2,1H3,(H2,16,20).